The number of rotatable bonds is 4. The standard InChI is InChI=1S/C14H17N3O2/c1-3-19-11(10-7-5-4-6-8-10)13-16-12(15)9(2)14(18)17-13/h4-8,11H,3H2,1-2H3,(H3,15,16,17,18). The molecule has 0 radical (unpaired) electrons. The van der Waals surface area contributed by atoms with Gasteiger partial charge in [0.25, 0.3) is 5.56 Å². The van der Waals surface area contributed by atoms with Crippen LogP contribution in [0.15, 0.2) is 35.1 Å². The van der Waals surface area contributed by atoms with Gasteiger partial charge in [0.2, 0.25) is 0 Å². The third-order valence-electron chi connectivity index (χ3n) is 2.89. The van der Waals surface area contributed by atoms with Crippen molar-refractivity contribution in [3.8, 4) is 0 Å². The Kier molecular flexibility index (Phi) is 3.97. The molecule has 1 aromatic carbocycles. The molecule has 0 aliphatic carbocycles. The molecule has 1 heterocycles. The van der Waals surface area contributed by atoms with Crippen molar-refractivity contribution in [2.45, 2.75) is 20.0 Å². The van der Waals surface area contributed by atoms with E-state index in [1.807, 2.05) is 37.3 Å². The van der Waals surface area contributed by atoms with Crippen molar-refractivity contribution < 1.29 is 4.74 Å². The van der Waals surface area contributed by atoms with Gasteiger partial charge >= 0.3 is 0 Å². The van der Waals surface area contributed by atoms with Gasteiger partial charge < -0.3 is 15.5 Å². The van der Waals surface area contributed by atoms with Gasteiger partial charge in [0.1, 0.15) is 17.7 Å². The van der Waals surface area contributed by atoms with Gasteiger partial charge in [0.15, 0.2) is 0 Å². The second-order valence-corrected chi connectivity index (χ2v) is 4.21. The third kappa shape index (κ3) is 2.82. The highest BCUT2D eigenvalue weighted by atomic mass is 16.5. The molecular weight excluding hydrogens is 242 g/mol. The second-order valence-electron chi connectivity index (χ2n) is 4.21. The molecule has 1 atom stereocenters. The number of nitrogens with zero attached hydrogens (tertiary/aromatic N) is 1. The number of anilines is 1. The first-order valence-electron chi connectivity index (χ1n) is 6.16. The van der Waals surface area contributed by atoms with Crippen LogP contribution >= 0.6 is 0 Å². The van der Waals surface area contributed by atoms with Crippen LogP contribution in [-0.2, 0) is 4.74 Å². The van der Waals surface area contributed by atoms with Gasteiger partial charge in [0.05, 0.1) is 5.56 Å². The number of hydrogen-bond acceptors (Lipinski definition) is 4. The van der Waals surface area contributed by atoms with E-state index in [9.17, 15) is 4.79 Å². The van der Waals surface area contributed by atoms with Gasteiger partial charge in [-0.05, 0) is 19.4 Å². The Labute approximate surface area is 111 Å². The highest BCUT2D eigenvalue weighted by Crippen LogP contribution is 2.23. The number of aromatic amines is 1. The van der Waals surface area contributed by atoms with Crippen molar-refractivity contribution in [1.82, 2.24) is 9.97 Å². The van der Waals surface area contributed by atoms with Crippen LogP contribution in [0.4, 0.5) is 5.82 Å². The zero-order valence-corrected chi connectivity index (χ0v) is 11.0. The maximum absolute atomic E-state index is 11.8. The van der Waals surface area contributed by atoms with Crippen LogP contribution in [0.1, 0.15) is 30.0 Å². The van der Waals surface area contributed by atoms with E-state index >= 15 is 0 Å². The molecule has 2 aromatic rings. The van der Waals surface area contributed by atoms with E-state index < -0.39 is 6.10 Å². The number of benzene rings is 1. The number of nitrogen functional groups attached to an aromatic ring is 1. The Balaban J connectivity index is 2.48. The Hall–Kier alpha value is -2.14. The Bertz CT molecular complexity index is 608. The molecule has 100 valence electrons. The normalized spacial score (nSPS) is 12.3. The predicted molar refractivity (Wildman–Crippen MR) is 73.9 cm³/mol. The molecule has 0 amide bonds. The predicted octanol–water partition coefficient (Wildman–Crippen LogP) is 1.79. The van der Waals surface area contributed by atoms with Gasteiger partial charge in [-0.1, -0.05) is 30.3 Å². The minimum atomic E-state index is -0.415. The van der Waals surface area contributed by atoms with Crippen molar-refractivity contribution >= 4 is 5.82 Å². The van der Waals surface area contributed by atoms with E-state index in [0.717, 1.165) is 5.56 Å². The topological polar surface area (TPSA) is 81.0 Å². The van der Waals surface area contributed by atoms with E-state index in [4.69, 9.17) is 10.5 Å². The Morgan fingerprint density at radius 1 is 1.37 bits per heavy atom. The smallest absolute Gasteiger partial charge is 0.255 e. The van der Waals surface area contributed by atoms with Crippen LogP contribution in [0.3, 0.4) is 0 Å². The summed E-state index contributed by atoms with van der Waals surface area (Å²) in [5.74, 6) is 0.667. The summed E-state index contributed by atoms with van der Waals surface area (Å²) in [6, 6.07) is 9.60. The Morgan fingerprint density at radius 3 is 2.63 bits per heavy atom. The van der Waals surface area contributed by atoms with Crippen LogP contribution in [0, 0.1) is 6.92 Å². The number of H-pyrrole nitrogens is 1. The van der Waals surface area contributed by atoms with Crippen LogP contribution in [0.2, 0.25) is 0 Å². The SMILES string of the molecule is CCOC(c1ccccc1)c1nc(N)c(C)c(=O)[nH]1. The summed E-state index contributed by atoms with van der Waals surface area (Å²) < 4.78 is 5.68. The van der Waals surface area contributed by atoms with E-state index in [0.29, 0.717) is 18.0 Å². The molecule has 2 rings (SSSR count). The van der Waals surface area contributed by atoms with Crippen LogP contribution < -0.4 is 11.3 Å². The monoisotopic (exact) mass is 259 g/mol. The summed E-state index contributed by atoms with van der Waals surface area (Å²) in [6.07, 6.45) is -0.415. The number of hydrogen-bond donors (Lipinski definition) is 2. The molecule has 0 saturated heterocycles. The summed E-state index contributed by atoms with van der Waals surface area (Å²) in [5.41, 5.74) is 6.86. The molecule has 3 N–H and O–H groups in total. The fraction of sp³-hybridized carbons (Fsp3) is 0.286. The average molecular weight is 259 g/mol. The van der Waals surface area contributed by atoms with Crippen LogP contribution in [0.5, 0.6) is 0 Å². The lowest BCUT2D eigenvalue weighted by atomic mass is 10.1. The van der Waals surface area contributed by atoms with Gasteiger partial charge in [-0.25, -0.2) is 4.98 Å². The van der Waals surface area contributed by atoms with Crippen LogP contribution in [-0.4, -0.2) is 16.6 Å². The number of nitrogens with two attached hydrogens (primary N) is 1. The lowest BCUT2D eigenvalue weighted by Crippen LogP contribution is -2.21. The van der Waals surface area contributed by atoms with Crippen LogP contribution in [0.25, 0.3) is 0 Å². The van der Waals surface area contributed by atoms with E-state index in [2.05, 4.69) is 9.97 Å². The number of aromatic nitrogens is 2. The third-order valence-corrected chi connectivity index (χ3v) is 2.89. The molecule has 0 bridgehead atoms. The fourth-order valence-electron chi connectivity index (χ4n) is 1.82. The first-order valence-corrected chi connectivity index (χ1v) is 6.16. The molecule has 0 spiro atoms. The second kappa shape index (κ2) is 5.67. The minimum Gasteiger partial charge on any atom is -0.383 e. The summed E-state index contributed by atoms with van der Waals surface area (Å²) in [6.45, 7) is 4.05. The van der Waals surface area contributed by atoms with Gasteiger partial charge in [-0.3, -0.25) is 4.79 Å². The molecule has 0 aliphatic heterocycles. The molecule has 0 aliphatic rings. The molecule has 5 heteroatoms. The molecule has 5 nitrogen and oxygen atoms in total. The molecule has 1 aromatic heterocycles. The van der Waals surface area contributed by atoms with Gasteiger partial charge in [0, 0.05) is 6.61 Å². The van der Waals surface area contributed by atoms with Gasteiger partial charge in [-0.15, -0.1) is 0 Å². The van der Waals surface area contributed by atoms with E-state index in [1.165, 1.54) is 0 Å². The maximum atomic E-state index is 11.8. The minimum absolute atomic E-state index is 0.233. The molecule has 1 unspecified atom stereocenters. The largest absolute Gasteiger partial charge is 0.383 e. The lowest BCUT2D eigenvalue weighted by molar-refractivity contribution is 0.0850. The fourth-order valence-corrected chi connectivity index (χ4v) is 1.82. The first-order chi connectivity index (χ1) is 9.13. The molecule has 0 saturated carbocycles. The summed E-state index contributed by atoms with van der Waals surface area (Å²) in [5, 5.41) is 0. The average Bonchev–Trinajstić information content (AvgIpc) is 2.42. The highest BCUT2D eigenvalue weighted by molar-refractivity contribution is 5.37. The molecular formula is C14H17N3O2. The van der Waals surface area contributed by atoms with Crippen molar-refractivity contribution in [3.63, 3.8) is 0 Å². The highest BCUT2D eigenvalue weighted by Gasteiger charge is 2.18. The summed E-state index contributed by atoms with van der Waals surface area (Å²) in [7, 11) is 0. The Morgan fingerprint density at radius 2 is 2.05 bits per heavy atom. The van der Waals surface area contributed by atoms with E-state index in [-0.39, 0.29) is 11.4 Å². The van der Waals surface area contributed by atoms with Crippen molar-refractivity contribution in [2.24, 2.45) is 0 Å². The molecule has 19 heavy (non-hydrogen) atoms. The summed E-state index contributed by atoms with van der Waals surface area (Å²) >= 11 is 0. The first kappa shape index (κ1) is 13.3. The number of nitrogens with one attached hydrogen (secondary N) is 1. The van der Waals surface area contributed by atoms with E-state index in [1.54, 1.807) is 6.92 Å². The zero-order valence-electron chi connectivity index (χ0n) is 11.0. The van der Waals surface area contributed by atoms with Gasteiger partial charge in [-0.2, -0.15) is 0 Å². The summed E-state index contributed by atoms with van der Waals surface area (Å²) in [4.78, 5) is 18.7. The zero-order chi connectivity index (χ0) is 13.8. The quantitative estimate of drug-likeness (QED) is 0.877. The lowest BCUT2D eigenvalue weighted by Gasteiger charge is -2.17. The van der Waals surface area contributed by atoms with Crippen molar-refractivity contribution in [1.29, 1.82) is 0 Å². The maximum Gasteiger partial charge on any atom is 0.255 e. The molecule has 0 fully saturated rings. The van der Waals surface area contributed by atoms with Crippen molar-refractivity contribution in [2.75, 3.05) is 12.3 Å². The van der Waals surface area contributed by atoms with Crippen molar-refractivity contribution in [3.05, 3.63) is 57.6 Å². The number of ether oxygens (including phenoxy) is 1.